The first-order chi connectivity index (χ1) is 7.61. The van der Waals surface area contributed by atoms with E-state index in [1.54, 1.807) is 6.20 Å². The summed E-state index contributed by atoms with van der Waals surface area (Å²) in [7, 11) is 0. The lowest BCUT2D eigenvalue weighted by Gasteiger charge is -2.06. The Kier molecular flexibility index (Phi) is 3.22. The molecule has 1 aromatic carbocycles. The molecule has 0 atom stereocenters. The molecule has 16 heavy (non-hydrogen) atoms. The van der Waals surface area contributed by atoms with Gasteiger partial charge in [0.1, 0.15) is 5.82 Å². The Balaban J connectivity index is 2.55. The zero-order valence-electron chi connectivity index (χ0n) is 7.99. The predicted molar refractivity (Wildman–Crippen MR) is 61.9 cm³/mol. The summed E-state index contributed by atoms with van der Waals surface area (Å²) in [5.74, 6) is -0.417. The van der Waals surface area contributed by atoms with E-state index in [1.165, 1.54) is 16.8 Å². The molecule has 0 unspecified atom stereocenters. The Bertz CT molecular complexity index is 505. The second-order valence-corrected chi connectivity index (χ2v) is 4.34. The largest absolute Gasteiger partial charge is 0.325 e. The summed E-state index contributed by atoms with van der Waals surface area (Å²) in [6.07, 6.45) is 1.64. The highest BCUT2D eigenvalue weighted by molar-refractivity contribution is 9.10. The van der Waals surface area contributed by atoms with E-state index in [-0.39, 0.29) is 11.6 Å². The Morgan fingerprint density at radius 2 is 2.25 bits per heavy atom. The van der Waals surface area contributed by atoms with Crippen molar-refractivity contribution in [2.75, 3.05) is 0 Å². The lowest BCUT2D eigenvalue weighted by molar-refractivity contribution is 0.625. The van der Waals surface area contributed by atoms with E-state index >= 15 is 0 Å². The van der Waals surface area contributed by atoms with Gasteiger partial charge in [-0.2, -0.15) is 0 Å². The van der Waals surface area contributed by atoms with E-state index in [4.69, 9.17) is 17.3 Å². The smallest absolute Gasteiger partial charge is 0.125 e. The summed E-state index contributed by atoms with van der Waals surface area (Å²) in [6, 6.07) is 2.52. The van der Waals surface area contributed by atoms with Crippen LogP contribution in [-0.4, -0.2) is 15.0 Å². The molecule has 0 saturated carbocycles. The number of benzene rings is 1. The molecule has 4 nitrogen and oxygen atoms in total. The van der Waals surface area contributed by atoms with Gasteiger partial charge in [-0.1, -0.05) is 16.8 Å². The van der Waals surface area contributed by atoms with Crippen LogP contribution in [0.25, 0.3) is 5.69 Å². The Morgan fingerprint density at radius 1 is 1.50 bits per heavy atom. The van der Waals surface area contributed by atoms with E-state index in [0.717, 1.165) is 0 Å². The molecular weight excluding hydrogens is 298 g/mol. The van der Waals surface area contributed by atoms with E-state index in [9.17, 15) is 4.39 Å². The van der Waals surface area contributed by atoms with E-state index in [0.29, 0.717) is 15.9 Å². The molecule has 0 fully saturated rings. The molecule has 2 N–H and O–H groups in total. The van der Waals surface area contributed by atoms with Gasteiger partial charge < -0.3 is 5.73 Å². The zero-order valence-corrected chi connectivity index (χ0v) is 10.3. The van der Waals surface area contributed by atoms with Crippen LogP contribution in [-0.2, 0) is 6.54 Å². The topological polar surface area (TPSA) is 56.7 Å². The molecule has 84 valence electrons. The fourth-order valence-corrected chi connectivity index (χ4v) is 2.28. The van der Waals surface area contributed by atoms with Crippen LogP contribution < -0.4 is 5.73 Å². The Labute approximate surface area is 104 Å². The molecule has 1 aromatic heterocycles. The van der Waals surface area contributed by atoms with Crippen molar-refractivity contribution in [2.24, 2.45) is 5.73 Å². The highest BCUT2D eigenvalue weighted by atomic mass is 79.9. The Morgan fingerprint density at radius 3 is 2.81 bits per heavy atom. The van der Waals surface area contributed by atoms with Gasteiger partial charge in [-0.05, 0) is 28.1 Å². The first kappa shape index (κ1) is 11.5. The summed E-state index contributed by atoms with van der Waals surface area (Å²) in [6.45, 7) is 0.288. The fraction of sp³-hybridized carbons (Fsp3) is 0.111. The summed E-state index contributed by atoms with van der Waals surface area (Å²) >= 11 is 9.15. The van der Waals surface area contributed by atoms with Gasteiger partial charge in [-0.15, -0.1) is 5.10 Å². The number of nitrogens with two attached hydrogens (primary N) is 1. The number of aromatic nitrogens is 3. The lowest BCUT2D eigenvalue weighted by Crippen LogP contribution is -1.98. The molecule has 0 aliphatic heterocycles. The zero-order chi connectivity index (χ0) is 11.7. The standard InChI is InChI=1S/C9H7BrClFN4/c10-7-1-5(12)2-8(11)9(7)16-4-6(3-13)14-15-16/h1-2,4H,3,13H2. The quantitative estimate of drug-likeness (QED) is 0.926. The van der Waals surface area contributed by atoms with Crippen molar-refractivity contribution < 1.29 is 4.39 Å². The van der Waals surface area contributed by atoms with Crippen molar-refractivity contribution >= 4 is 27.5 Å². The van der Waals surface area contributed by atoms with Gasteiger partial charge in [0.05, 0.1) is 22.6 Å². The van der Waals surface area contributed by atoms with Gasteiger partial charge in [0.25, 0.3) is 0 Å². The SMILES string of the molecule is NCc1cn(-c2c(Cl)cc(F)cc2Br)nn1. The summed E-state index contributed by atoms with van der Waals surface area (Å²) < 4.78 is 15.0. The summed E-state index contributed by atoms with van der Waals surface area (Å²) in [5, 5.41) is 7.94. The van der Waals surface area contributed by atoms with Crippen LogP contribution in [0, 0.1) is 5.82 Å². The number of nitrogens with zero attached hydrogens (tertiary/aromatic N) is 3. The van der Waals surface area contributed by atoms with Gasteiger partial charge in [0, 0.05) is 11.0 Å². The van der Waals surface area contributed by atoms with Crippen LogP contribution in [0.15, 0.2) is 22.8 Å². The van der Waals surface area contributed by atoms with Crippen molar-refractivity contribution in [2.45, 2.75) is 6.54 Å². The average Bonchev–Trinajstić information content (AvgIpc) is 2.64. The van der Waals surface area contributed by atoms with Crippen molar-refractivity contribution in [3.63, 3.8) is 0 Å². The molecule has 0 amide bonds. The number of rotatable bonds is 2. The second-order valence-electron chi connectivity index (χ2n) is 3.08. The highest BCUT2D eigenvalue weighted by Gasteiger charge is 2.11. The minimum absolute atomic E-state index is 0.250. The molecule has 0 aliphatic carbocycles. The molecule has 0 saturated heterocycles. The van der Waals surface area contributed by atoms with Crippen molar-refractivity contribution in [3.8, 4) is 5.69 Å². The van der Waals surface area contributed by atoms with Crippen molar-refractivity contribution in [1.29, 1.82) is 0 Å². The Hall–Kier alpha value is -0.980. The first-order valence-corrected chi connectivity index (χ1v) is 5.55. The van der Waals surface area contributed by atoms with Gasteiger partial charge >= 0.3 is 0 Å². The van der Waals surface area contributed by atoms with Crippen molar-refractivity contribution in [1.82, 2.24) is 15.0 Å². The van der Waals surface area contributed by atoms with Crippen LogP contribution in [0.5, 0.6) is 0 Å². The maximum absolute atomic E-state index is 13.0. The summed E-state index contributed by atoms with van der Waals surface area (Å²) in [4.78, 5) is 0. The lowest BCUT2D eigenvalue weighted by atomic mass is 10.3. The van der Waals surface area contributed by atoms with Crippen LogP contribution in [0.4, 0.5) is 4.39 Å². The molecule has 0 spiro atoms. The normalized spacial score (nSPS) is 10.8. The molecule has 0 aliphatic rings. The van der Waals surface area contributed by atoms with Crippen LogP contribution in [0.3, 0.4) is 0 Å². The van der Waals surface area contributed by atoms with E-state index in [2.05, 4.69) is 26.2 Å². The van der Waals surface area contributed by atoms with Gasteiger partial charge in [-0.25, -0.2) is 9.07 Å². The molecule has 0 bridgehead atoms. The maximum Gasteiger partial charge on any atom is 0.125 e. The minimum Gasteiger partial charge on any atom is -0.325 e. The molecule has 7 heteroatoms. The number of hydrogen-bond acceptors (Lipinski definition) is 3. The molecule has 1 heterocycles. The molecule has 0 radical (unpaired) electrons. The number of hydrogen-bond donors (Lipinski definition) is 1. The maximum atomic E-state index is 13.0. The van der Waals surface area contributed by atoms with Crippen LogP contribution in [0.2, 0.25) is 5.02 Å². The molecule has 2 rings (SSSR count). The third kappa shape index (κ3) is 2.09. The predicted octanol–water partition coefficient (Wildman–Crippen LogP) is 2.28. The van der Waals surface area contributed by atoms with E-state index in [1.807, 2.05) is 0 Å². The number of halogens is 3. The van der Waals surface area contributed by atoms with Gasteiger partial charge in [0.15, 0.2) is 0 Å². The van der Waals surface area contributed by atoms with Gasteiger partial charge in [0.2, 0.25) is 0 Å². The third-order valence-electron chi connectivity index (χ3n) is 1.96. The molecule has 2 aromatic rings. The molecular formula is C9H7BrClFN4. The second kappa shape index (κ2) is 4.48. The van der Waals surface area contributed by atoms with Gasteiger partial charge in [-0.3, -0.25) is 0 Å². The van der Waals surface area contributed by atoms with E-state index < -0.39 is 5.82 Å². The first-order valence-electron chi connectivity index (χ1n) is 4.38. The van der Waals surface area contributed by atoms with Crippen LogP contribution in [0.1, 0.15) is 5.69 Å². The van der Waals surface area contributed by atoms with Crippen molar-refractivity contribution in [3.05, 3.63) is 39.3 Å². The highest BCUT2D eigenvalue weighted by Crippen LogP contribution is 2.29. The van der Waals surface area contributed by atoms with Crippen LogP contribution >= 0.6 is 27.5 Å². The third-order valence-corrected chi connectivity index (χ3v) is 2.85. The monoisotopic (exact) mass is 304 g/mol. The minimum atomic E-state index is -0.417. The average molecular weight is 306 g/mol. The summed E-state index contributed by atoms with van der Waals surface area (Å²) in [5.41, 5.74) is 6.59. The fourth-order valence-electron chi connectivity index (χ4n) is 1.25.